The molecule has 4 nitrogen and oxygen atoms in total. The van der Waals surface area contributed by atoms with Crippen LogP contribution in [0.15, 0.2) is 12.4 Å². The molecule has 1 fully saturated rings. The van der Waals surface area contributed by atoms with Crippen molar-refractivity contribution in [2.45, 2.75) is 24.8 Å². The van der Waals surface area contributed by atoms with Crippen molar-refractivity contribution in [3.63, 3.8) is 0 Å². The molecule has 1 aromatic heterocycles. The van der Waals surface area contributed by atoms with Crippen molar-refractivity contribution in [2.24, 2.45) is 0 Å². The molecule has 2 rings (SSSR count). The summed E-state index contributed by atoms with van der Waals surface area (Å²) in [6.45, 7) is 1.00. The second kappa shape index (κ2) is 5.06. The summed E-state index contributed by atoms with van der Waals surface area (Å²) in [5, 5.41) is 0. The van der Waals surface area contributed by atoms with E-state index >= 15 is 0 Å². The van der Waals surface area contributed by atoms with Crippen LogP contribution >= 0.6 is 22.6 Å². The van der Waals surface area contributed by atoms with Crippen molar-refractivity contribution in [2.75, 3.05) is 32.6 Å². The summed E-state index contributed by atoms with van der Waals surface area (Å²) in [5.74, 6) is 0.818. The summed E-state index contributed by atoms with van der Waals surface area (Å²) in [5.41, 5.74) is 0.321. The summed E-state index contributed by atoms with van der Waals surface area (Å²) >= 11 is 2.23. The Kier molecular flexibility index (Phi) is 3.87. The summed E-state index contributed by atoms with van der Waals surface area (Å²) in [7, 11) is 6.41. The molecule has 0 N–H and O–H groups in total. The third kappa shape index (κ3) is 2.70. The van der Waals surface area contributed by atoms with E-state index in [0.717, 1.165) is 16.1 Å². The highest BCUT2D eigenvalue weighted by atomic mass is 127. The number of anilines is 1. The fraction of sp³-hybridized carbons (Fsp3) is 0.667. The molecule has 1 aliphatic rings. The molecular formula is C12H19IN4. The molecule has 0 atom stereocenters. The quantitative estimate of drug-likeness (QED) is 0.781. The van der Waals surface area contributed by atoms with Gasteiger partial charge in [0.2, 0.25) is 5.95 Å². The number of hydrogen-bond acceptors (Lipinski definition) is 4. The van der Waals surface area contributed by atoms with Crippen LogP contribution in [0, 0.1) is 3.57 Å². The maximum absolute atomic E-state index is 4.37. The highest BCUT2D eigenvalue weighted by molar-refractivity contribution is 14.1. The minimum absolute atomic E-state index is 0.321. The normalized spacial score (nSPS) is 17.9. The van der Waals surface area contributed by atoms with Crippen LogP contribution in [-0.4, -0.2) is 48.1 Å². The number of hydrogen-bond donors (Lipinski definition) is 0. The largest absolute Gasteiger partial charge is 0.342 e. The second-order valence-corrected chi connectivity index (χ2v) is 6.28. The van der Waals surface area contributed by atoms with Gasteiger partial charge in [-0.2, -0.15) is 0 Å². The zero-order valence-electron chi connectivity index (χ0n) is 10.6. The van der Waals surface area contributed by atoms with Gasteiger partial charge in [0.25, 0.3) is 0 Å². The van der Waals surface area contributed by atoms with E-state index in [2.05, 4.69) is 63.5 Å². The lowest BCUT2D eigenvalue weighted by Crippen LogP contribution is -2.57. The molecule has 94 valence electrons. The fourth-order valence-electron chi connectivity index (χ4n) is 2.35. The van der Waals surface area contributed by atoms with Gasteiger partial charge in [-0.3, -0.25) is 0 Å². The predicted molar refractivity (Wildman–Crippen MR) is 78.3 cm³/mol. The smallest absolute Gasteiger partial charge is 0.225 e. The maximum Gasteiger partial charge on any atom is 0.225 e. The van der Waals surface area contributed by atoms with Gasteiger partial charge in [0.1, 0.15) is 0 Å². The third-order valence-electron chi connectivity index (χ3n) is 3.71. The Morgan fingerprint density at radius 3 is 2.24 bits per heavy atom. The molecule has 0 unspecified atom stereocenters. The predicted octanol–water partition coefficient (Wildman–Crippen LogP) is 2.00. The van der Waals surface area contributed by atoms with E-state index in [9.17, 15) is 0 Å². The van der Waals surface area contributed by atoms with Crippen LogP contribution in [0.3, 0.4) is 0 Å². The summed E-state index contributed by atoms with van der Waals surface area (Å²) in [6, 6.07) is 0. The summed E-state index contributed by atoms with van der Waals surface area (Å²) < 4.78 is 1.07. The van der Waals surface area contributed by atoms with Crippen molar-refractivity contribution < 1.29 is 0 Å². The topological polar surface area (TPSA) is 32.3 Å². The van der Waals surface area contributed by atoms with Gasteiger partial charge >= 0.3 is 0 Å². The highest BCUT2D eigenvalue weighted by Crippen LogP contribution is 2.37. The Balaban J connectivity index is 2.05. The van der Waals surface area contributed by atoms with Crippen molar-refractivity contribution in [3.05, 3.63) is 16.0 Å². The minimum atomic E-state index is 0.321. The highest BCUT2D eigenvalue weighted by Gasteiger charge is 2.40. The van der Waals surface area contributed by atoms with E-state index in [0.29, 0.717) is 5.54 Å². The SMILES string of the molecule is CN(CC1(N(C)C)CCC1)c1ncc(I)cn1. The van der Waals surface area contributed by atoms with E-state index in [1.54, 1.807) is 0 Å². The molecular weight excluding hydrogens is 327 g/mol. The average molecular weight is 346 g/mol. The van der Waals surface area contributed by atoms with Gasteiger partial charge in [-0.15, -0.1) is 0 Å². The molecule has 0 saturated heterocycles. The molecule has 1 saturated carbocycles. The summed E-state index contributed by atoms with van der Waals surface area (Å²) in [4.78, 5) is 13.2. The number of nitrogens with zero attached hydrogens (tertiary/aromatic N) is 4. The molecule has 5 heteroatoms. The van der Waals surface area contributed by atoms with E-state index in [4.69, 9.17) is 0 Å². The molecule has 0 spiro atoms. The number of aromatic nitrogens is 2. The van der Waals surface area contributed by atoms with Gasteiger partial charge in [-0.1, -0.05) is 0 Å². The van der Waals surface area contributed by atoms with Gasteiger partial charge in [0, 0.05) is 35.1 Å². The van der Waals surface area contributed by atoms with Crippen LogP contribution in [0.25, 0.3) is 0 Å². The van der Waals surface area contributed by atoms with Crippen LogP contribution in [0.5, 0.6) is 0 Å². The molecule has 17 heavy (non-hydrogen) atoms. The minimum Gasteiger partial charge on any atom is -0.342 e. The second-order valence-electron chi connectivity index (χ2n) is 5.03. The van der Waals surface area contributed by atoms with Crippen LogP contribution in [0.2, 0.25) is 0 Å². The Labute approximate surface area is 117 Å². The molecule has 0 amide bonds. The first-order chi connectivity index (χ1) is 8.03. The Morgan fingerprint density at radius 1 is 1.24 bits per heavy atom. The van der Waals surface area contributed by atoms with Crippen LogP contribution in [-0.2, 0) is 0 Å². The first-order valence-corrected chi connectivity index (χ1v) is 6.97. The standard InChI is InChI=1S/C12H19IN4/c1-16(2)12(5-4-6-12)9-17(3)11-14-7-10(13)8-15-11/h7-8H,4-6,9H2,1-3H3. The molecule has 1 heterocycles. The fourth-order valence-corrected chi connectivity index (χ4v) is 2.62. The number of halogens is 1. The van der Waals surface area contributed by atoms with Gasteiger partial charge < -0.3 is 9.80 Å². The first kappa shape index (κ1) is 13.0. The lowest BCUT2D eigenvalue weighted by atomic mass is 9.75. The number of likely N-dealkylation sites (N-methyl/N-ethyl adjacent to an activating group) is 2. The average Bonchev–Trinajstić information content (AvgIpc) is 2.23. The van der Waals surface area contributed by atoms with Crippen LogP contribution < -0.4 is 4.90 Å². The molecule has 1 aliphatic carbocycles. The van der Waals surface area contributed by atoms with Crippen molar-refractivity contribution in [1.29, 1.82) is 0 Å². The van der Waals surface area contributed by atoms with Crippen LogP contribution in [0.1, 0.15) is 19.3 Å². The lowest BCUT2D eigenvalue weighted by Gasteiger charge is -2.49. The van der Waals surface area contributed by atoms with Crippen molar-refractivity contribution in [3.8, 4) is 0 Å². The molecule has 0 bridgehead atoms. The van der Waals surface area contributed by atoms with Gasteiger partial charge in [-0.05, 0) is 55.9 Å². The zero-order valence-corrected chi connectivity index (χ0v) is 12.8. The van der Waals surface area contributed by atoms with Crippen molar-refractivity contribution in [1.82, 2.24) is 14.9 Å². The van der Waals surface area contributed by atoms with Crippen molar-refractivity contribution >= 4 is 28.5 Å². The van der Waals surface area contributed by atoms with Gasteiger partial charge in [0.05, 0.1) is 0 Å². The van der Waals surface area contributed by atoms with E-state index in [1.165, 1.54) is 19.3 Å². The third-order valence-corrected chi connectivity index (χ3v) is 4.27. The molecule has 1 aromatic rings. The Hall–Kier alpha value is -0.430. The molecule has 0 radical (unpaired) electrons. The molecule has 0 aliphatic heterocycles. The van der Waals surface area contributed by atoms with E-state index < -0.39 is 0 Å². The van der Waals surface area contributed by atoms with Gasteiger partial charge in [0.15, 0.2) is 0 Å². The van der Waals surface area contributed by atoms with E-state index in [1.807, 2.05) is 12.4 Å². The Morgan fingerprint density at radius 2 is 1.82 bits per heavy atom. The summed E-state index contributed by atoms with van der Waals surface area (Å²) in [6.07, 6.45) is 7.61. The first-order valence-electron chi connectivity index (χ1n) is 5.90. The maximum atomic E-state index is 4.37. The zero-order chi connectivity index (χ0) is 12.5. The Bertz CT molecular complexity index is 373. The number of rotatable bonds is 4. The lowest BCUT2D eigenvalue weighted by molar-refractivity contribution is 0.0680. The van der Waals surface area contributed by atoms with Gasteiger partial charge in [-0.25, -0.2) is 9.97 Å². The monoisotopic (exact) mass is 346 g/mol. The van der Waals surface area contributed by atoms with Crippen LogP contribution in [0.4, 0.5) is 5.95 Å². The molecule has 0 aromatic carbocycles. The van der Waals surface area contributed by atoms with E-state index in [-0.39, 0.29) is 0 Å².